The molecule has 0 bridgehead atoms. The van der Waals surface area contributed by atoms with E-state index < -0.39 is 0 Å². The lowest BCUT2D eigenvalue weighted by atomic mass is 10.1. The fraction of sp³-hybridized carbons (Fsp3) is 0.769. The molecule has 1 aliphatic rings. The van der Waals surface area contributed by atoms with Crippen LogP contribution in [-0.2, 0) is 13.1 Å². The average Bonchev–Trinajstić information content (AvgIpc) is 2.84. The third-order valence-corrected chi connectivity index (χ3v) is 4.96. The van der Waals surface area contributed by atoms with Crippen LogP contribution >= 0.6 is 15.9 Å². The van der Waals surface area contributed by atoms with Crippen LogP contribution in [0.4, 0.5) is 0 Å². The van der Waals surface area contributed by atoms with Crippen LogP contribution in [0.3, 0.4) is 0 Å². The molecule has 2 N–H and O–H groups in total. The minimum absolute atomic E-state index is 0.617. The van der Waals surface area contributed by atoms with Crippen molar-refractivity contribution in [3.05, 3.63) is 15.9 Å². The lowest BCUT2D eigenvalue weighted by molar-refractivity contribution is 0.247. The molecule has 1 fully saturated rings. The molecule has 1 saturated heterocycles. The third-order valence-electron chi connectivity index (χ3n) is 3.93. The number of aryl methyl sites for hydroxylation is 2. The van der Waals surface area contributed by atoms with Crippen molar-refractivity contribution in [3.8, 4) is 0 Å². The molecule has 2 atom stereocenters. The topological polar surface area (TPSA) is 47.1 Å². The fourth-order valence-electron chi connectivity index (χ4n) is 2.82. The zero-order chi connectivity index (χ0) is 13.3. The molecule has 4 nitrogen and oxygen atoms in total. The second-order valence-electron chi connectivity index (χ2n) is 5.28. The van der Waals surface area contributed by atoms with Gasteiger partial charge in [0.05, 0.1) is 15.9 Å². The molecule has 1 aromatic rings. The Morgan fingerprint density at radius 1 is 1.50 bits per heavy atom. The number of nitrogens with zero attached hydrogens (tertiary/aromatic N) is 3. The number of hydrogen-bond acceptors (Lipinski definition) is 3. The molecule has 0 aromatic carbocycles. The number of aromatic nitrogens is 2. The molecule has 0 aliphatic carbocycles. The second kappa shape index (κ2) is 5.72. The van der Waals surface area contributed by atoms with Gasteiger partial charge in [0.2, 0.25) is 0 Å². The van der Waals surface area contributed by atoms with Crippen molar-refractivity contribution in [1.29, 1.82) is 0 Å². The van der Waals surface area contributed by atoms with Gasteiger partial charge in [-0.3, -0.25) is 9.58 Å². The molecule has 0 radical (unpaired) electrons. The lowest BCUT2D eigenvalue weighted by Crippen LogP contribution is -2.28. The molecule has 1 aliphatic heterocycles. The normalized spacial score (nSPS) is 24.9. The summed E-state index contributed by atoms with van der Waals surface area (Å²) < 4.78 is 3.26. The number of rotatable bonds is 4. The van der Waals surface area contributed by atoms with Gasteiger partial charge in [0.15, 0.2) is 0 Å². The molecule has 2 heterocycles. The summed E-state index contributed by atoms with van der Waals surface area (Å²) in [5, 5.41) is 4.55. The highest BCUT2D eigenvalue weighted by Gasteiger charge is 2.29. The molecule has 102 valence electrons. The predicted octanol–water partition coefficient (Wildman–Crippen LogP) is 2.14. The summed E-state index contributed by atoms with van der Waals surface area (Å²) in [7, 11) is 0. The van der Waals surface area contributed by atoms with Crippen LogP contribution in [-0.4, -0.2) is 33.8 Å². The van der Waals surface area contributed by atoms with E-state index in [0.717, 1.165) is 36.3 Å². The van der Waals surface area contributed by atoms with Crippen LogP contribution in [0.15, 0.2) is 4.47 Å². The van der Waals surface area contributed by atoms with E-state index in [2.05, 4.69) is 51.4 Å². The highest BCUT2D eigenvalue weighted by molar-refractivity contribution is 9.10. The monoisotopic (exact) mass is 314 g/mol. The van der Waals surface area contributed by atoms with Gasteiger partial charge in [-0.25, -0.2) is 0 Å². The first kappa shape index (κ1) is 14.0. The number of hydrogen-bond donors (Lipinski definition) is 1. The molecule has 18 heavy (non-hydrogen) atoms. The van der Waals surface area contributed by atoms with E-state index in [0.29, 0.717) is 12.0 Å². The maximum Gasteiger partial charge on any atom is 0.0739 e. The van der Waals surface area contributed by atoms with Gasteiger partial charge in [-0.1, -0.05) is 0 Å². The lowest BCUT2D eigenvalue weighted by Gasteiger charge is -2.21. The average molecular weight is 315 g/mol. The van der Waals surface area contributed by atoms with Crippen LogP contribution in [0.1, 0.15) is 31.7 Å². The standard InChI is InChI=1S/C13H23BrN4/c1-4-18-12(13(14)10(3)16-18)8-17-7-11(6-15)5-9(17)2/h9,11H,4-8,15H2,1-3H3. The SMILES string of the molecule is CCn1nc(C)c(Br)c1CN1CC(CN)CC1C. The molecule has 2 rings (SSSR count). The Labute approximate surface area is 118 Å². The van der Waals surface area contributed by atoms with Crippen molar-refractivity contribution in [2.24, 2.45) is 11.7 Å². The van der Waals surface area contributed by atoms with E-state index in [-0.39, 0.29) is 0 Å². The van der Waals surface area contributed by atoms with Crippen molar-refractivity contribution in [1.82, 2.24) is 14.7 Å². The molecule has 5 heteroatoms. The predicted molar refractivity (Wildman–Crippen MR) is 77.4 cm³/mol. The van der Waals surface area contributed by atoms with Gasteiger partial charge in [0.1, 0.15) is 0 Å². The summed E-state index contributed by atoms with van der Waals surface area (Å²) in [6.45, 7) is 10.3. The maximum absolute atomic E-state index is 5.79. The van der Waals surface area contributed by atoms with E-state index in [9.17, 15) is 0 Å². The number of nitrogens with two attached hydrogens (primary N) is 1. The van der Waals surface area contributed by atoms with E-state index >= 15 is 0 Å². The zero-order valence-corrected chi connectivity index (χ0v) is 13.1. The first-order chi connectivity index (χ1) is 8.56. The van der Waals surface area contributed by atoms with Gasteiger partial charge < -0.3 is 5.73 Å². The Morgan fingerprint density at radius 3 is 2.78 bits per heavy atom. The van der Waals surface area contributed by atoms with Gasteiger partial charge >= 0.3 is 0 Å². The Balaban J connectivity index is 2.14. The maximum atomic E-state index is 5.79. The van der Waals surface area contributed by atoms with E-state index in [1.54, 1.807) is 0 Å². The van der Waals surface area contributed by atoms with Gasteiger partial charge in [0, 0.05) is 25.7 Å². The van der Waals surface area contributed by atoms with E-state index in [1.807, 2.05) is 0 Å². The largest absolute Gasteiger partial charge is 0.330 e. The summed E-state index contributed by atoms with van der Waals surface area (Å²) in [6, 6.07) is 0.617. The molecule has 0 amide bonds. The van der Waals surface area contributed by atoms with Gasteiger partial charge in [-0.2, -0.15) is 5.10 Å². The molecule has 1 aromatic heterocycles. The van der Waals surface area contributed by atoms with Crippen molar-refractivity contribution in [2.75, 3.05) is 13.1 Å². The Kier molecular flexibility index (Phi) is 4.45. The number of halogens is 1. The van der Waals surface area contributed by atoms with Crippen LogP contribution in [0.5, 0.6) is 0 Å². The number of likely N-dealkylation sites (tertiary alicyclic amines) is 1. The molecular weight excluding hydrogens is 292 g/mol. The summed E-state index contributed by atoms with van der Waals surface area (Å²) >= 11 is 3.67. The van der Waals surface area contributed by atoms with Crippen LogP contribution in [0, 0.1) is 12.8 Å². The first-order valence-corrected chi connectivity index (χ1v) is 7.52. The quantitative estimate of drug-likeness (QED) is 0.926. The fourth-order valence-corrected chi connectivity index (χ4v) is 3.23. The van der Waals surface area contributed by atoms with E-state index in [4.69, 9.17) is 5.73 Å². The van der Waals surface area contributed by atoms with Crippen molar-refractivity contribution < 1.29 is 0 Å². The highest BCUT2D eigenvalue weighted by Crippen LogP contribution is 2.28. The van der Waals surface area contributed by atoms with Crippen LogP contribution in [0.2, 0.25) is 0 Å². The summed E-state index contributed by atoms with van der Waals surface area (Å²) in [6.07, 6.45) is 1.22. The van der Waals surface area contributed by atoms with Crippen LogP contribution < -0.4 is 5.73 Å². The van der Waals surface area contributed by atoms with Gasteiger partial charge in [-0.05, 0) is 55.6 Å². The molecule has 0 spiro atoms. The molecular formula is C13H23BrN4. The summed E-state index contributed by atoms with van der Waals surface area (Å²) in [4.78, 5) is 2.52. The Morgan fingerprint density at radius 2 is 2.22 bits per heavy atom. The van der Waals surface area contributed by atoms with Crippen molar-refractivity contribution >= 4 is 15.9 Å². The zero-order valence-electron chi connectivity index (χ0n) is 11.5. The van der Waals surface area contributed by atoms with Crippen molar-refractivity contribution in [3.63, 3.8) is 0 Å². The highest BCUT2D eigenvalue weighted by atomic mass is 79.9. The first-order valence-electron chi connectivity index (χ1n) is 6.72. The van der Waals surface area contributed by atoms with Gasteiger partial charge in [0.25, 0.3) is 0 Å². The smallest absolute Gasteiger partial charge is 0.0739 e. The minimum Gasteiger partial charge on any atom is -0.330 e. The second-order valence-corrected chi connectivity index (χ2v) is 6.07. The van der Waals surface area contributed by atoms with Crippen LogP contribution in [0.25, 0.3) is 0 Å². The Hall–Kier alpha value is -0.390. The summed E-state index contributed by atoms with van der Waals surface area (Å²) in [5.74, 6) is 0.651. The van der Waals surface area contributed by atoms with Crippen molar-refractivity contribution in [2.45, 2.75) is 46.3 Å². The minimum atomic E-state index is 0.617. The van der Waals surface area contributed by atoms with E-state index in [1.165, 1.54) is 12.1 Å². The molecule has 2 unspecified atom stereocenters. The summed E-state index contributed by atoms with van der Waals surface area (Å²) in [5.41, 5.74) is 8.16. The van der Waals surface area contributed by atoms with Gasteiger partial charge in [-0.15, -0.1) is 0 Å². The molecule has 0 saturated carbocycles. The Bertz CT molecular complexity index is 415. The third kappa shape index (κ3) is 2.63.